The van der Waals surface area contributed by atoms with E-state index < -0.39 is 11.7 Å². The van der Waals surface area contributed by atoms with E-state index in [4.69, 9.17) is 10.5 Å². The fourth-order valence-corrected chi connectivity index (χ4v) is 1.98. The van der Waals surface area contributed by atoms with E-state index in [9.17, 15) is 4.79 Å². The van der Waals surface area contributed by atoms with Gasteiger partial charge in [0, 0.05) is 5.56 Å². The number of hydrogen-bond acceptors (Lipinski definition) is 4. The SMILES string of the molecule is CC(C)(OC(N)=O)c1ccccc1/N=N/c1ccccc1. The van der Waals surface area contributed by atoms with Gasteiger partial charge in [0.2, 0.25) is 0 Å². The van der Waals surface area contributed by atoms with Crippen LogP contribution in [0.4, 0.5) is 16.2 Å². The van der Waals surface area contributed by atoms with Crippen LogP contribution in [-0.4, -0.2) is 6.09 Å². The number of benzene rings is 2. The molecule has 2 rings (SSSR count). The number of nitrogens with two attached hydrogens (primary N) is 1. The molecule has 0 atom stereocenters. The van der Waals surface area contributed by atoms with E-state index >= 15 is 0 Å². The minimum Gasteiger partial charge on any atom is -0.439 e. The van der Waals surface area contributed by atoms with Crippen molar-refractivity contribution in [1.82, 2.24) is 0 Å². The molecule has 0 aromatic heterocycles. The summed E-state index contributed by atoms with van der Waals surface area (Å²) in [6.07, 6.45) is -0.824. The molecule has 108 valence electrons. The number of carbonyl (C=O) groups is 1. The number of amides is 1. The third-order valence-corrected chi connectivity index (χ3v) is 2.94. The standard InChI is InChI=1S/C16H17N3O2/c1-16(2,21-15(17)20)13-10-6-7-11-14(13)19-18-12-8-4-3-5-9-12/h3-11H,1-2H3,(H2,17,20)/b19-18+. The van der Waals surface area contributed by atoms with Crippen LogP contribution in [-0.2, 0) is 10.3 Å². The van der Waals surface area contributed by atoms with Crippen molar-refractivity contribution in [2.45, 2.75) is 19.4 Å². The molecule has 2 aromatic carbocycles. The lowest BCUT2D eigenvalue weighted by molar-refractivity contribution is 0.0437. The smallest absolute Gasteiger partial charge is 0.405 e. The first-order valence-electron chi connectivity index (χ1n) is 6.54. The first-order valence-corrected chi connectivity index (χ1v) is 6.54. The van der Waals surface area contributed by atoms with Crippen LogP contribution in [0.1, 0.15) is 19.4 Å². The average molecular weight is 283 g/mol. The van der Waals surface area contributed by atoms with Gasteiger partial charge in [-0.15, -0.1) is 0 Å². The highest BCUT2D eigenvalue weighted by Gasteiger charge is 2.27. The monoisotopic (exact) mass is 283 g/mol. The molecule has 0 aliphatic rings. The van der Waals surface area contributed by atoms with Gasteiger partial charge in [-0.3, -0.25) is 0 Å². The first-order chi connectivity index (χ1) is 9.99. The number of nitrogens with zero attached hydrogens (tertiary/aromatic N) is 2. The minimum atomic E-state index is -0.877. The quantitative estimate of drug-likeness (QED) is 0.842. The molecule has 21 heavy (non-hydrogen) atoms. The van der Waals surface area contributed by atoms with Gasteiger partial charge in [0.15, 0.2) is 0 Å². The lowest BCUT2D eigenvalue weighted by atomic mass is 9.96. The zero-order valence-corrected chi connectivity index (χ0v) is 12.0. The zero-order chi connectivity index (χ0) is 15.3. The summed E-state index contributed by atoms with van der Waals surface area (Å²) in [6, 6.07) is 16.8. The summed E-state index contributed by atoms with van der Waals surface area (Å²) in [7, 11) is 0. The lowest BCUT2D eigenvalue weighted by Gasteiger charge is -2.25. The topological polar surface area (TPSA) is 77.0 Å². The van der Waals surface area contributed by atoms with Gasteiger partial charge in [-0.25, -0.2) is 4.79 Å². The van der Waals surface area contributed by atoms with Gasteiger partial charge in [0.25, 0.3) is 0 Å². The van der Waals surface area contributed by atoms with Crippen LogP contribution in [0.2, 0.25) is 0 Å². The molecule has 0 aliphatic heterocycles. The minimum absolute atomic E-state index is 0.632. The molecule has 5 nitrogen and oxygen atoms in total. The summed E-state index contributed by atoms with van der Waals surface area (Å²) >= 11 is 0. The van der Waals surface area contributed by atoms with Crippen molar-refractivity contribution in [1.29, 1.82) is 0 Å². The van der Waals surface area contributed by atoms with Crippen molar-refractivity contribution in [3.63, 3.8) is 0 Å². The summed E-state index contributed by atoms with van der Waals surface area (Å²) in [5.41, 5.74) is 6.36. The van der Waals surface area contributed by atoms with Crippen molar-refractivity contribution < 1.29 is 9.53 Å². The second-order valence-electron chi connectivity index (χ2n) is 4.98. The summed E-state index contributed by atoms with van der Waals surface area (Å²) in [5.74, 6) is 0. The van der Waals surface area contributed by atoms with E-state index in [1.807, 2.05) is 54.6 Å². The maximum atomic E-state index is 11.0. The van der Waals surface area contributed by atoms with Crippen LogP contribution in [0.5, 0.6) is 0 Å². The second kappa shape index (κ2) is 6.17. The second-order valence-corrected chi connectivity index (χ2v) is 4.98. The number of azo groups is 1. The molecular formula is C16H17N3O2. The van der Waals surface area contributed by atoms with E-state index in [2.05, 4.69) is 10.2 Å². The Kier molecular flexibility index (Phi) is 4.33. The number of ether oxygens (including phenoxy) is 1. The molecule has 0 fully saturated rings. The molecule has 0 heterocycles. The molecule has 2 N–H and O–H groups in total. The van der Waals surface area contributed by atoms with Gasteiger partial charge in [-0.2, -0.15) is 10.2 Å². The molecule has 0 spiro atoms. The maximum absolute atomic E-state index is 11.0. The van der Waals surface area contributed by atoms with Crippen LogP contribution in [0.15, 0.2) is 64.8 Å². The third kappa shape index (κ3) is 3.89. The Balaban J connectivity index is 2.33. The summed E-state index contributed by atoms with van der Waals surface area (Å²) in [5, 5.41) is 8.43. The Hall–Kier alpha value is -2.69. The van der Waals surface area contributed by atoms with E-state index in [0.29, 0.717) is 5.69 Å². The molecule has 0 saturated heterocycles. The van der Waals surface area contributed by atoms with Crippen molar-refractivity contribution in [2.75, 3.05) is 0 Å². The van der Waals surface area contributed by atoms with Crippen molar-refractivity contribution in [3.8, 4) is 0 Å². The highest BCUT2D eigenvalue weighted by atomic mass is 16.6. The van der Waals surface area contributed by atoms with Gasteiger partial charge in [-0.05, 0) is 32.0 Å². The highest BCUT2D eigenvalue weighted by molar-refractivity contribution is 5.66. The van der Waals surface area contributed by atoms with Crippen LogP contribution in [0.3, 0.4) is 0 Å². The fourth-order valence-electron chi connectivity index (χ4n) is 1.98. The Bertz CT molecular complexity index is 652. The van der Waals surface area contributed by atoms with Crippen molar-refractivity contribution >= 4 is 17.5 Å². The predicted octanol–water partition coefficient (Wildman–Crippen LogP) is 4.43. The van der Waals surface area contributed by atoms with Gasteiger partial charge in [0.1, 0.15) is 5.60 Å². The fraction of sp³-hybridized carbons (Fsp3) is 0.188. The summed E-state index contributed by atoms with van der Waals surface area (Å²) in [4.78, 5) is 11.0. The van der Waals surface area contributed by atoms with Crippen LogP contribution in [0, 0.1) is 0 Å². The van der Waals surface area contributed by atoms with Crippen molar-refractivity contribution in [3.05, 3.63) is 60.2 Å². The number of rotatable bonds is 4. The molecule has 1 amide bonds. The Morgan fingerprint density at radius 3 is 2.29 bits per heavy atom. The van der Waals surface area contributed by atoms with Gasteiger partial charge in [-0.1, -0.05) is 36.4 Å². The molecule has 0 saturated carbocycles. The summed E-state index contributed by atoms with van der Waals surface area (Å²) in [6.45, 7) is 3.52. The Morgan fingerprint density at radius 1 is 1.00 bits per heavy atom. The molecule has 0 unspecified atom stereocenters. The van der Waals surface area contributed by atoms with Gasteiger partial charge >= 0.3 is 6.09 Å². The van der Waals surface area contributed by atoms with E-state index in [1.165, 1.54) is 0 Å². The summed E-state index contributed by atoms with van der Waals surface area (Å²) < 4.78 is 5.15. The molecular weight excluding hydrogens is 266 g/mol. The Labute approximate surface area is 123 Å². The Morgan fingerprint density at radius 2 is 1.62 bits per heavy atom. The predicted molar refractivity (Wildman–Crippen MR) is 80.8 cm³/mol. The molecule has 0 bridgehead atoms. The molecule has 2 aromatic rings. The van der Waals surface area contributed by atoms with Gasteiger partial charge < -0.3 is 10.5 Å². The average Bonchev–Trinajstić information content (AvgIpc) is 2.45. The van der Waals surface area contributed by atoms with E-state index in [1.54, 1.807) is 13.8 Å². The number of carbonyl (C=O) groups excluding carboxylic acids is 1. The van der Waals surface area contributed by atoms with E-state index in [0.717, 1.165) is 11.3 Å². The highest BCUT2D eigenvalue weighted by Crippen LogP contribution is 2.33. The van der Waals surface area contributed by atoms with Crippen LogP contribution in [0.25, 0.3) is 0 Å². The van der Waals surface area contributed by atoms with Gasteiger partial charge in [0.05, 0.1) is 11.4 Å². The van der Waals surface area contributed by atoms with Crippen molar-refractivity contribution in [2.24, 2.45) is 16.0 Å². The molecule has 0 radical (unpaired) electrons. The number of hydrogen-bond donors (Lipinski definition) is 1. The molecule has 5 heteroatoms. The largest absolute Gasteiger partial charge is 0.439 e. The van der Waals surface area contributed by atoms with Crippen LogP contribution < -0.4 is 5.73 Å². The van der Waals surface area contributed by atoms with E-state index in [-0.39, 0.29) is 0 Å². The van der Waals surface area contributed by atoms with Crippen LogP contribution >= 0.6 is 0 Å². The zero-order valence-electron chi connectivity index (χ0n) is 12.0. The third-order valence-electron chi connectivity index (χ3n) is 2.94. The normalized spacial score (nSPS) is 11.5. The maximum Gasteiger partial charge on any atom is 0.405 e. The first kappa shape index (κ1) is 14.7. The molecule has 0 aliphatic carbocycles. The number of primary amides is 1. The lowest BCUT2D eigenvalue weighted by Crippen LogP contribution is -2.28.